The lowest BCUT2D eigenvalue weighted by atomic mass is 9.61. The Morgan fingerprint density at radius 3 is 2.57 bits per heavy atom. The minimum atomic E-state index is -0.165. The van der Waals surface area contributed by atoms with E-state index in [-0.39, 0.29) is 17.4 Å². The fraction of sp³-hybridized carbons (Fsp3) is 0.545. The van der Waals surface area contributed by atoms with Gasteiger partial charge in [0.1, 0.15) is 7.85 Å². The number of nitrogens with zero attached hydrogens (tertiary/aromatic N) is 2. The van der Waals surface area contributed by atoms with E-state index in [0.29, 0.717) is 35.0 Å². The largest absolute Gasteiger partial charge is 0.351 e. The number of hydrogen-bond donors (Lipinski definition) is 1. The lowest BCUT2D eigenvalue weighted by Gasteiger charge is -2.46. The molecule has 0 saturated heterocycles. The van der Waals surface area contributed by atoms with Gasteiger partial charge >= 0.3 is 6.03 Å². The van der Waals surface area contributed by atoms with Crippen LogP contribution in [0.4, 0.5) is 4.79 Å². The number of hydrogen-bond acceptors (Lipinski definition) is 2. The van der Waals surface area contributed by atoms with Crippen molar-refractivity contribution in [2.45, 2.75) is 45.4 Å². The maximum absolute atomic E-state index is 13.1. The van der Waals surface area contributed by atoms with Crippen molar-refractivity contribution in [1.29, 1.82) is 0 Å². The van der Waals surface area contributed by atoms with E-state index < -0.39 is 0 Å². The molecule has 0 unspecified atom stereocenters. The van der Waals surface area contributed by atoms with Crippen LogP contribution in [0, 0.1) is 11.3 Å². The lowest BCUT2D eigenvalue weighted by molar-refractivity contribution is 0.0598. The number of fused-ring (bicyclic) bond motifs is 4. The highest BCUT2D eigenvalue weighted by atomic mass is 16.2. The summed E-state index contributed by atoms with van der Waals surface area (Å²) in [5, 5.41) is 3.82. The molecule has 3 aliphatic carbocycles. The zero-order valence-electron chi connectivity index (χ0n) is 16.8. The van der Waals surface area contributed by atoms with Crippen LogP contribution in [0.1, 0.15) is 55.8 Å². The van der Waals surface area contributed by atoms with Gasteiger partial charge in [-0.2, -0.15) is 0 Å². The van der Waals surface area contributed by atoms with Crippen molar-refractivity contribution in [3.8, 4) is 0 Å². The fourth-order valence-electron chi connectivity index (χ4n) is 4.93. The van der Waals surface area contributed by atoms with Crippen molar-refractivity contribution >= 4 is 36.2 Å². The summed E-state index contributed by atoms with van der Waals surface area (Å²) < 4.78 is 1.54. The number of nitrogens with one attached hydrogen (secondary N) is 1. The Labute approximate surface area is 167 Å². The molecule has 2 amide bonds. The summed E-state index contributed by atoms with van der Waals surface area (Å²) in [6.45, 7) is 3.22. The number of aromatic nitrogens is 1. The van der Waals surface area contributed by atoms with Crippen LogP contribution in [0.25, 0.3) is 10.9 Å². The number of carbonyl (C=O) groups is 2. The SMILES string of the molecule is [B]c1cccc2c1c(C(=O)NCC13CCC(CC1)CC3)cn2C(=O)N(C)CC. The Kier molecular flexibility index (Phi) is 4.98. The monoisotopic (exact) mass is 377 g/mol. The van der Waals surface area contributed by atoms with Crippen molar-refractivity contribution in [3.63, 3.8) is 0 Å². The highest BCUT2D eigenvalue weighted by molar-refractivity contribution is 6.40. The molecule has 1 aromatic heterocycles. The van der Waals surface area contributed by atoms with Gasteiger partial charge in [-0.05, 0) is 62.8 Å². The van der Waals surface area contributed by atoms with Crippen LogP contribution < -0.4 is 10.8 Å². The Morgan fingerprint density at radius 2 is 1.93 bits per heavy atom. The van der Waals surface area contributed by atoms with E-state index in [1.807, 2.05) is 19.1 Å². The topological polar surface area (TPSA) is 54.3 Å². The van der Waals surface area contributed by atoms with E-state index in [4.69, 9.17) is 7.85 Å². The number of rotatable bonds is 4. The Hall–Kier alpha value is -2.24. The van der Waals surface area contributed by atoms with E-state index in [0.717, 1.165) is 5.92 Å². The molecule has 5 rings (SSSR count). The minimum absolute atomic E-state index is 0.143. The first kappa shape index (κ1) is 19.1. The van der Waals surface area contributed by atoms with Gasteiger partial charge in [-0.15, -0.1) is 0 Å². The Morgan fingerprint density at radius 1 is 1.25 bits per heavy atom. The second kappa shape index (κ2) is 7.30. The molecule has 1 aromatic carbocycles. The third-order valence-corrected chi connectivity index (χ3v) is 6.99. The van der Waals surface area contributed by atoms with Crippen molar-refractivity contribution in [3.05, 3.63) is 30.0 Å². The normalized spacial score (nSPS) is 23.7. The van der Waals surface area contributed by atoms with Crippen LogP contribution in [0.2, 0.25) is 0 Å². The van der Waals surface area contributed by atoms with E-state index in [1.54, 1.807) is 24.2 Å². The standard InChI is InChI=1S/C22H28BN3O2/c1-3-25(2)21(28)26-13-16(19-17(23)5-4-6-18(19)26)20(27)24-14-22-10-7-15(8-11-22)9-12-22/h4-6,13,15H,3,7-12,14H2,1-2H3,(H,24,27). The molecule has 2 radical (unpaired) electrons. The molecule has 2 bridgehead atoms. The summed E-state index contributed by atoms with van der Waals surface area (Å²) >= 11 is 0. The van der Waals surface area contributed by atoms with Gasteiger partial charge in [-0.1, -0.05) is 17.6 Å². The average Bonchev–Trinajstić information content (AvgIpc) is 3.13. The van der Waals surface area contributed by atoms with Gasteiger partial charge in [0.15, 0.2) is 0 Å². The summed E-state index contributed by atoms with van der Waals surface area (Å²) in [6.07, 6.45) is 9.14. The second-order valence-electron chi connectivity index (χ2n) is 8.62. The molecule has 1 N–H and O–H groups in total. The molecule has 146 valence electrons. The molecule has 5 nitrogen and oxygen atoms in total. The molecule has 3 saturated carbocycles. The fourth-order valence-corrected chi connectivity index (χ4v) is 4.93. The molecule has 6 heteroatoms. The van der Waals surface area contributed by atoms with Gasteiger partial charge < -0.3 is 10.2 Å². The average molecular weight is 377 g/mol. The second-order valence-corrected chi connectivity index (χ2v) is 8.62. The lowest BCUT2D eigenvalue weighted by Crippen LogP contribution is -2.43. The molecular formula is C22H28BN3O2. The molecular weight excluding hydrogens is 349 g/mol. The van der Waals surface area contributed by atoms with Gasteiger partial charge in [-0.25, -0.2) is 4.79 Å². The first-order chi connectivity index (χ1) is 13.4. The maximum Gasteiger partial charge on any atom is 0.328 e. The van der Waals surface area contributed by atoms with E-state index >= 15 is 0 Å². The maximum atomic E-state index is 13.1. The summed E-state index contributed by atoms with van der Waals surface area (Å²) in [5.41, 5.74) is 1.93. The number of carbonyl (C=O) groups excluding carboxylic acids is 2. The summed E-state index contributed by atoms with van der Waals surface area (Å²) in [6, 6.07) is 5.26. The molecule has 1 heterocycles. The molecule has 0 atom stereocenters. The third-order valence-electron chi connectivity index (χ3n) is 6.99. The number of amides is 2. The van der Waals surface area contributed by atoms with Gasteiger partial charge in [0.2, 0.25) is 0 Å². The molecule has 28 heavy (non-hydrogen) atoms. The first-order valence-corrected chi connectivity index (χ1v) is 10.4. The molecule has 0 spiro atoms. The van der Waals surface area contributed by atoms with Crippen molar-refractivity contribution in [2.75, 3.05) is 20.1 Å². The molecule has 2 aromatic rings. The molecule has 0 aliphatic heterocycles. The highest BCUT2D eigenvalue weighted by Gasteiger charge is 2.40. The van der Waals surface area contributed by atoms with E-state index in [2.05, 4.69) is 5.32 Å². The van der Waals surface area contributed by atoms with Crippen LogP contribution in [-0.2, 0) is 0 Å². The summed E-state index contributed by atoms with van der Waals surface area (Å²) in [4.78, 5) is 27.5. The van der Waals surface area contributed by atoms with Gasteiger partial charge in [-0.3, -0.25) is 9.36 Å². The predicted octanol–water partition coefficient (Wildman–Crippen LogP) is 3.06. The van der Waals surface area contributed by atoms with Crippen molar-refractivity contribution < 1.29 is 9.59 Å². The predicted molar refractivity (Wildman–Crippen MR) is 112 cm³/mol. The smallest absolute Gasteiger partial charge is 0.328 e. The van der Waals surface area contributed by atoms with Crippen LogP contribution in [0.15, 0.2) is 24.4 Å². The van der Waals surface area contributed by atoms with Crippen LogP contribution in [-0.4, -0.2) is 49.4 Å². The van der Waals surface area contributed by atoms with Crippen molar-refractivity contribution in [2.24, 2.45) is 11.3 Å². The van der Waals surface area contributed by atoms with Crippen LogP contribution in [0.3, 0.4) is 0 Å². The van der Waals surface area contributed by atoms with Gasteiger partial charge in [0, 0.05) is 31.7 Å². The zero-order valence-corrected chi connectivity index (χ0v) is 16.8. The Bertz CT molecular complexity index is 898. The Balaban J connectivity index is 1.62. The number of benzene rings is 1. The summed E-state index contributed by atoms with van der Waals surface area (Å²) in [5.74, 6) is 0.757. The van der Waals surface area contributed by atoms with E-state index in [9.17, 15) is 9.59 Å². The van der Waals surface area contributed by atoms with E-state index in [1.165, 1.54) is 43.1 Å². The highest BCUT2D eigenvalue weighted by Crippen LogP contribution is 2.49. The van der Waals surface area contributed by atoms with Gasteiger partial charge in [0.25, 0.3) is 5.91 Å². The van der Waals surface area contributed by atoms with Crippen LogP contribution >= 0.6 is 0 Å². The zero-order chi connectivity index (χ0) is 19.9. The quantitative estimate of drug-likeness (QED) is 0.833. The third kappa shape index (κ3) is 3.23. The minimum Gasteiger partial charge on any atom is -0.351 e. The van der Waals surface area contributed by atoms with Crippen molar-refractivity contribution in [1.82, 2.24) is 14.8 Å². The first-order valence-electron chi connectivity index (χ1n) is 10.4. The molecule has 3 aliphatic rings. The molecule has 3 fully saturated rings. The summed E-state index contributed by atoms with van der Waals surface area (Å²) in [7, 11) is 7.94. The van der Waals surface area contributed by atoms with Gasteiger partial charge in [0.05, 0.1) is 11.1 Å². The van der Waals surface area contributed by atoms with Crippen LogP contribution in [0.5, 0.6) is 0 Å².